The van der Waals surface area contributed by atoms with Gasteiger partial charge in [0.1, 0.15) is 5.75 Å². The van der Waals surface area contributed by atoms with Crippen molar-refractivity contribution in [1.29, 1.82) is 0 Å². The van der Waals surface area contributed by atoms with Crippen LogP contribution in [0.25, 0.3) is 10.8 Å². The van der Waals surface area contributed by atoms with Crippen molar-refractivity contribution in [3.8, 4) is 5.75 Å². The predicted octanol–water partition coefficient (Wildman–Crippen LogP) is 3.99. The average molecular weight is 226 g/mol. The summed E-state index contributed by atoms with van der Waals surface area (Å²) in [6, 6.07) is 8.68. The highest BCUT2D eigenvalue weighted by molar-refractivity contribution is 5.91. The van der Waals surface area contributed by atoms with E-state index in [1.807, 2.05) is 0 Å². The second-order valence-corrected chi connectivity index (χ2v) is 4.98. The van der Waals surface area contributed by atoms with Crippen molar-refractivity contribution in [2.45, 2.75) is 39.0 Å². The molecule has 1 heteroatoms. The first-order chi connectivity index (χ1) is 8.29. The zero-order valence-electron chi connectivity index (χ0n) is 10.3. The van der Waals surface area contributed by atoms with E-state index < -0.39 is 0 Å². The molecule has 0 fully saturated rings. The molecule has 0 amide bonds. The maximum absolute atomic E-state index is 10.4. The third kappa shape index (κ3) is 1.70. The van der Waals surface area contributed by atoms with E-state index in [1.165, 1.54) is 34.9 Å². The van der Waals surface area contributed by atoms with Gasteiger partial charge in [0.2, 0.25) is 0 Å². The van der Waals surface area contributed by atoms with Crippen LogP contribution in [0.5, 0.6) is 5.75 Å². The van der Waals surface area contributed by atoms with Crippen LogP contribution in [0.15, 0.2) is 24.3 Å². The molecule has 2 aromatic carbocycles. The number of phenols is 1. The van der Waals surface area contributed by atoms with Gasteiger partial charge in [-0.15, -0.1) is 0 Å². The van der Waals surface area contributed by atoms with Crippen LogP contribution in [0.1, 0.15) is 36.5 Å². The molecule has 0 aromatic heterocycles. The molecule has 0 aliphatic heterocycles. The molecule has 1 aliphatic carbocycles. The van der Waals surface area contributed by atoms with Crippen molar-refractivity contribution < 1.29 is 5.11 Å². The lowest BCUT2D eigenvalue weighted by molar-refractivity contribution is 0.468. The van der Waals surface area contributed by atoms with Gasteiger partial charge in [-0.2, -0.15) is 0 Å². The van der Waals surface area contributed by atoms with Gasteiger partial charge in [-0.1, -0.05) is 31.2 Å². The summed E-state index contributed by atoms with van der Waals surface area (Å²) in [5.41, 5.74) is 3.88. The summed E-state index contributed by atoms with van der Waals surface area (Å²) in [6.45, 7) is 2.17. The molecule has 1 nitrogen and oxygen atoms in total. The Morgan fingerprint density at radius 2 is 1.94 bits per heavy atom. The zero-order chi connectivity index (χ0) is 11.8. The maximum atomic E-state index is 10.4. The molecule has 0 spiro atoms. The van der Waals surface area contributed by atoms with Gasteiger partial charge in [-0.3, -0.25) is 0 Å². The first-order valence-electron chi connectivity index (χ1n) is 6.56. The topological polar surface area (TPSA) is 20.2 Å². The molecule has 0 saturated carbocycles. The molecule has 0 bridgehead atoms. The minimum absolute atomic E-state index is 0.528. The third-order valence-electron chi connectivity index (χ3n) is 3.91. The van der Waals surface area contributed by atoms with Gasteiger partial charge in [0.05, 0.1) is 0 Å². The van der Waals surface area contributed by atoms with Crippen molar-refractivity contribution in [3.05, 3.63) is 41.0 Å². The Morgan fingerprint density at radius 1 is 1.12 bits per heavy atom. The first-order valence-corrected chi connectivity index (χ1v) is 6.56. The summed E-state index contributed by atoms with van der Waals surface area (Å²) >= 11 is 0. The minimum Gasteiger partial charge on any atom is -0.507 e. The van der Waals surface area contributed by atoms with Crippen LogP contribution in [0, 0.1) is 0 Å². The van der Waals surface area contributed by atoms with E-state index >= 15 is 0 Å². The van der Waals surface area contributed by atoms with Crippen LogP contribution in [-0.2, 0) is 19.3 Å². The van der Waals surface area contributed by atoms with E-state index in [1.54, 1.807) is 0 Å². The molecule has 0 saturated heterocycles. The molecule has 0 unspecified atom stereocenters. The molecule has 1 N–H and O–H groups in total. The Labute approximate surface area is 102 Å². The van der Waals surface area contributed by atoms with Crippen molar-refractivity contribution >= 4 is 10.8 Å². The summed E-state index contributed by atoms with van der Waals surface area (Å²) in [6.07, 6.45) is 5.67. The summed E-state index contributed by atoms with van der Waals surface area (Å²) in [5.74, 6) is 0.528. The maximum Gasteiger partial charge on any atom is 0.126 e. The fourth-order valence-corrected chi connectivity index (χ4v) is 2.88. The van der Waals surface area contributed by atoms with Gasteiger partial charge in [-0.05, 0) is 54.2 Å². The number of fused-ring (bicyclic) bond motifs is 2. The summed E-state index contributed by atoms with van der Waals surface area (Å²) < 4.78 is 0. The first kappa shape index (κ1) is 10.6. The molecule has 0 radical (unpaired) electrons. The lowest BCUT2D eigenvalue weighted by atomic mass is 9.88. The van der Waals surface area contributed by atoms with Crippen LogP contribution in [-0.4, -0.2) is 5.11 Å². The van der Waals surface area contributed by atoms with Crippen molar-refractivity contribution in [2.24, 2.45) is 0 Å². The monoisotopic (exact) mass is 226 g/mol. The summed E-state index contributed by atoms with van der Waals surface area (Å²) in [4.78, 5) is 0. The molecular formula is C16H18O. The van der Waals surface area contributed by atoms with Crippen molar-refractivity contribution in [2.75, 3.05) is 0 Å². The third-order valence-corrected chi connectivity index (χ3v) is 3.91. The number of hydrogen-bond acceptors (Lipinski definition) is 1. The van der Waals surface area contributed by atoms with Crippen molar-refractivity contribution in [1.82, 2.24) is 0 Å². The zero-order valence-corrected chi connectivity index (χ0v) is 10.3. The molecule has 3 rings (SSSR count). The van der Waals surface area contributed by atoms with Gasteiger partial charge in [0, 0.05) is 5.39 Å². The highest BCUT2D eigenvalue weighted by atomic mass is 16.3. The van der Waals surface area contributed by atoms with Crippen LogP contribution >= 0.6 is 0 Å². The van der Waals surface area contributed by atoms with E-state index in [9.17, 15) is 5.11 Å². The Hall–Kier alpha value is -1.50. The van der Waals surface area contributed by atoms with E-state index in [4.69, 9.17) is 0 Å². The molecule has 17 heavy (non-hydrogen) atoms. The molecule has 1 aliphatic rings. The lowest BCUT2D eigenvalue weighted by Crippen LogP contribution is -2.03. The molecular weight excluding hydrogens is 208 g/mol. The lowest BCUT2D eigenvalue weighted by Gasteiger charge is -2.18. The average Bonchev–Trinajstić information content (AvgIpc) is 2.38. The highest BCUT2D eigenvalue weighted by Crippen LogP contribution is 2.36. The molecule has 0 atom stereocenters. The second kappa shape index (κ2) is 4.06. The van der Waals surface area contributed by atoms with E-state index in [2.05, 4.69) is 31.2 Å². The smallest absolute Gasteiger partial charge is 0.126 e. The highest BCUT2D eigenvalue weighted by Gasteiger charge is 2.15. The number of aromatic hydroxyl groups is 1. The fraction of sp³-hybridized carbons (Fsp3) is 0.375. The second-order valence-electron chi connectivity index (χ2n) is 4.98. The summed E-state index contributed by atoms with van der Waals surface area (Å²) in [7, 11) is 0. The SMILES string of the molecule is CCc1ccc2c(O)c3c(cc2c1)CCCC3. The quantitative estimate of drug-likeness (QED) is 0.779. The van der Waals surface area contributed by atoms with E-state index in [0.29, 0.717) is 5.75 Å². The van der Waals surface area contributed by atoms with Gasteiger partial charge < -0.3 is 5.11 Å². The van der Waals surface area contributed by atoms with Crippen molar-refractivity contribution in [3.63, 3.8) is 0 Å². The molecule has 88 valence electrons. The largest absolute Gasteiger partial charge is 0.507 e. The van der Waals surface area contributed by atoms with Gasteiger partial charge >= 0.3 is 0 Å². The predicted molar refractivity (Wildman–Crippen MR) is 71.6 cm³/mol. The minimum atomic E-state index is 0.528. The molecule has 2 aromatic rings. The summed E-state index contributed by atoms with van der Waals surface area (Å²) in [5, 5.41) is 12.6. The Balaban J connectivity index is 2.28. The normalized spacial score (nSPS) is 14.9. The van der Waals surface area contributed by atoms with E-state index in [0.717, 1.165) is 24.6 Å². The standard InChI is InChI=1S/C16H18O/c1-2-11-7-8-15-13(9-11)10-12-5-3-4-6-14(12)16(15)17/h7-10,17H,2-6H2,1H3. The number of rotatable bonds is 1. The van der Waals surface area contributed by atoms with Crippen LogP contribution in [0.3, 0.4) is 0 Å². The Kier molecular flexibility index (Phi) is 2.54. The number of hydrogen-bond donors (Lipinski definition) is 1. The number of phenolic OH excluding ortho intramolecular Hbond substituents is 1. The van der Waals surface area contributed by atoms with Gasteiger partial charge in [0.15, 0.2) is 0 Å². The fourth-order valence-electron chi connectivity index (χ4n) is 2.88. The van der Waals surface area contributed by atoms with Crippen LogP contribution in [0.2, 0.25) is 0 Å². The van der Waals surface area contributed by atoms with Crippen LogP contribution in [0.4, 0.5) is 0 Å². The Bertz CT molecular complexity index is 569. The number of benzene rings is 2. The van der Waals surface area contributed by atoms with Gasteiger partial charge in [0.25, 0.3) is 0 Å². The van der Waals surface area contributed by atoms with E-state index in [-0.39, 0.29) is 0 Å². The molecule has 0 heterocycles. The Morgan fingerprint density at radius 3 is 2.76 bits per heavy atom. The number of aryl methyl sites for hydroxylation is 2. The van der Waals surface area contributed by atoms with Crippen LogP contribution < -0.4 is 0 Å². The van der Waals surface area contributed by atoms with Gasteiger partial charge in [-0.25, -0.2) is 0 Å².